The summed E-state index contributed by atoms with van der Waals surface area (Å²) in [5.41, 5.74) is 6.46. The van der Waals surface area contributed by atoms with E-state index in [1.165, 1.54) is 5.56 Å². The van der Waals surface area contributed by atoms with Crippen LogP contribution in [0.3, 0.4) is 0 Å². The van der Waals surface area contributed by atoms with Crippen LogP contribution in [0.5, 0.6) is 5.75 Å². The van der Waals surface area contributed by atoms with Crippen LogP contribution in [0.15, 0.2) is 55.0 Å². The number of halogens is 1. The molecular weight excluding hydrogens is 434 g/mol. The summed E-state index contributed by atoms with van der Waals surface area (Å²) in [4.78, 5) is 23.9. The Labute approximate surface area is 198 Å². The maximum absolute atomic E-state index is 13.4. The van der Waals surface area contributed by atoms with Gasteiger partial charge in [0.05, 0.1) is 5.69 Å². The lowest BCUT2D eigenvalue weighted by atomic mass is 9.90. The summed E-state index contributed by atoms with van der Waals surface area (Å²) in [6, 6.07) is 10.0. The highest BCUT2D eigenvalue weighted by molar-refractivity contribution is 6.31. The molecule has 0 radical (unpaired) electrons. The van der Waals surface area contributed by atoms with Crippen molar-refractivity contribution in [3.05, 3.63) is 82.4 Å². The lowest BCUT2D eigenvalue weighted by Crippen LogP contribution is -2.45. The third kappa shape index (κ3) is 3.70. The van der Waals surface area contributed by atoms with Crippen LogP contribution < -0.4 is 4.74 Å². The highest BCUT2D eigenvalue weighted by atomic mass is 35.5. The van der Waals surface area contributed by atoms with Gasteiger partial charge in [0.2, 0.25) is 0 Å². The molecule has 1 amide bonds. The lowest BCUT2D eigenvalue weighted by Gasteiger charge is -2.33. The van der Waals surface area contributed by atoms with E-state index < -0.39 is 6.10 Å². The number of hydrogen-bond donors (Lipinski definition) is 0. The Kier molecular flexibility index (Phi) is 5.14. The van der Waals surface area contributed by atoms with E-state index in [0.717, 1.165) is 66.0 Å². The number of fused-ring (bicyclic) bond motifs is 2. The minimum Gasteiger partial charge on any atom is -0.479 e. The normalized spacial score (nSPS) is 19.3. The van der Waals surface area contributed by atoms with Gasteiger partial charge in [0.15, 0.2) is 6.10 Å². The number of pyridine rings is 2. The fraction of sp³-hybridized carbons (Fsp3) is 0.296. The first-order chi connectivity index (χ1) is 16.2. The number of aromatic nitrogens is 2. The van der Waals surface area contributed by atoms with Crippen molar-refractivity contribution >= 4 is 23.6 Å². The van der Waals surface area contributed by atoms with Crippen LogP contribution in [-0.2, 0) is 17.6 Å². The van der Waals surface area contributed by atoms with E-state index in [1.807, 2.05) is 41.7 Å². The highest BCUT2D eigenvalue weighted by Crippen LogP contribution is 2.44. The monoisotopic (exact) mass is 457 g/mol. The van der Waals surface area contributed by atoms with Crippen molar-refractivity contribution in [2.24, 2.45) is 0 Å². The number of benzene rings is 1. The zero-order chi connectivity index (χ0) is 22.4. The first-order valence-electron chi connectivity index (χ1n) is 11.5. The number of allylic oxidation sites excluding steroid dienone is 1. The third-order valence-corrected chi connectivity index (χ3v) is 7.23. The summed E-state index contributed by atoms with van der Waals surface area (Å²) in [5, 5.41) is 0.658. The summed E-state index contributed by atoms with van der Waals surface area (Å²) in [6.45, 7) is 1.50. The largest absolute Gasteiger partial charge is 0.479 e. The van der Waals surface area contributed by atoms with Crippen molar-refractivity contribution in [2.45, 2.75) is 37.7 Å². The van der Waals surface area contributed by atoms with Crippen molar-refractivity contribution in [3.8, 4) is 16.9 Å². The molecule has 6 rings (SSSR count). The summed E-state index contributed by atoms with van der Waals surface area (Å²) in [7, 11) is 0. The second kappa shape index (κ2) is 8.31. The minimum absolute atomic E-state index is 0.0707. The summed E-state index contributed by atoms with van der Waals surface area (Å²) in [5.74, 6) is 1.32. The van der Waals surface area contributed by atoms with Gasteiger partial charge in [-0.15, -0.1) is 0 Å². The second-order valence-corrected chi connectivity index (χ2v) is 9.39. The second-order valence-electron chi connectivity index (χ2n) is 8.96. The van der Waals surface area contributed by atoms with Gasteiger partial charge in [-0.25, -0.2) is 0 Å². The zero-order valence-electron chi connectivity index (χ0n) is 18.2. The molecule has 1 atom stereocenters. The molecule has 1 aromatic carbocycles. The molecule has 1 unspecified atom stereocenters. The topological polar surface area (TPSA) is 55.3 Å². The smallest absolute Gasteiger partial charge is 0.263 e. The number of amides is 1. The Balaban J connectivity index is 1.21. The van der Waals surface area contributed by atoms with Crippen LogP contribution >= 0.6 is 11.6 Å². The molecule has 0 N–H and O–H groups in total. The third-order valence-electron chi connectivity index (χ3n) is 7.01. The van der Waals surface area contributed by atoms with Gasteiger partial charge in [0, 0.05) is 66.2 Å². The number of ether oxygens (including phenoxy) is 1. The van der Waals surface area contributed by atoms with Crippen molar-refractivity contribution in [1.29, 1.82) is 0 Å². The molecule has 166 valence electrons. The van der Waals surface area contributed by atoms with E-state index in [-0.39, 0.29) is 5.91 Å². The number of piperidine rings is 1. The average Bonchev–Trinajstić information content (AvgIpc) is 3.51. The van der Waals surface area contributed by atoms with E-state index in [4.69, 9.17) is 16.3 Å². The van der Waals surface area contributed by atoms with E-state index in [0.29, 0.717) is 17.4 Å². The molecule has 0 spiro atoms. The van der Waals surface area contributed by atoms with Crippen LogP contribution in [0.1, 0.15) is 41.1 Å². The number of carbonyl (C=O) groups excluding carboxylic acids is 1. The van der Waals surface area contributed by atoms with E-state index in [2.05, 4.69) is 34.3 Å². The van der Waals surface area contributed by atoms with E-state index in [9.17, 15) is 4.79 Å². The van der Waals surface area contributed by atoms with Crippen LogP contribution in [0.2, 0.25) is 5.02 Å². The summed E-state index contributed by atoms with van der Waals surface area (Å²) < 4.78 is 6.33. The molecule has 0 bridgehead atoms. The fourth-order valence-electron chi connectivity index (χ4n) is 5.32. The zero-order valence-corrected chi connectivity index (χ0v) is 19.0. The molecule has 5 nitrogen and oxygen atoms in total. The van der Waals surface area contributed by atoms with Gasteiger partial charge in [0.25, 0.3) is 5.91 Å². The van der Waals surface area contributed by atoms with Crippen LogP contribution in [0.25, 0.3) is 17.2 Å². The van der Waals surface area contributed by atoms with Crippen LogP contribution in [0, 0.1) is 0 Å². The van der Waals surface area contributed by atoms with E-state index >= 15 is 0 Å². The molecule has 33 heavy (non-hydrogen) atoms. The van der Waals surface area contributed by atoms with Gasteiger partial charge >= 0.3 is 0 Å². The molecule has 1 fully saturated rings. The number of carbonyl (C=O) groups is 1. The molecule has 3 aromatic rings. The van der Waals surface area contributed by atoms with Crippen molar-refractivity contribution < 1.29 is 9.53 Å². The number of nitrogens with zero attached hydrogens (tertiary/aromatic N) is 3. The summed E-state index contributed by atoms with van der Waals surface area (Å²) in [6.07, 6.45) is 12.5. The highest BCUT2D eigenvalue weighted by Gasteiger charge is 2.36. The molecule has 0 saturated carbocycles. The van der Waals surface area contributed by atoms with Gasteiger partial charge in [-0.1, -0.05) is 23.8 Å². The van der Waals surface area contributed by atoms with Crippen LogP contribution in [0.4, 0.5) is 0 Å². The molecule has 2 aromatic heterocycles. The Morgan fingerprint density at radius 1 is 1.06 bits per heavy atom. The van der Waals surface area contributed by atoms with Gasteiger partial charge in [0.1, 0.15) is 5.75 Å². The van der Waals surface area contributed by atoms with Crippen LogP contribution in [-0.4, -0.2) is 40.0 Å². The van der Waals surface area contributed by atoms with Crippen molar-refractivity contribution in [2.75, 3.05) is 13.1 Å². The first-order valence-corrected chi connectivity index (χ1v) is 11.9. The Morgan fingerprint density at radius 3 is 2.70 bits per heavy atom. The number of likely N-dealkylation sites (tertiary alicyclic amines) is 1. The minimum atomic E-state index is -0.500. The summed E-state index contributed by atoms with van der Waals surface area (Å²) >= 11 is 6.49. The fourth-order valence-corrected chi connectivity index (χ4v) is 5.56. The van der Waals surface area contributed by atoms with E-state index in [1.54, 1.807) is 0 Å². The SMILES string of the molecule is O=C(C1Cc2cc(Cl)cc(-c3ccnc4c3C=CC4)c2O1)N1CCC(c2ccncc2)CC1. The predicted molar refractivity (Wildman–Crippen MR) is 128 cm³/mol. The predicted octanol–water partition coefficient (Wildman–Crippen LogP) is 5.08. The quantitative estimate of drug-likeness (QED) is 0.550. The number of rotatable bonds is 3. The molecule has 1 aliphatic carbocycles. The first kappa shape index (κ1) is 20.4. The Hall–Kier alpha value is -3.18. The van der Waals surface area contributed by atoms with Crippen molar-refractivity contribution in [1.82, 2.24) is 14.9 Å². The van der Waals surface area contributed by atoms with Gasteiger partial charge in [-0.2, -0.15) is 0 Å². The Morgan fingerprint density at radius 2 is 1.88 bits per heavy atom. The van der Waals surface area contributed by atoms with Crippen molar-refractivity contribution in [3.63, 3.8) is 0 Å². The molecule has 4 heterocycles. The molecule has 6 heteroatoms. The molecule has 1 saturated heterocycles. The maximum Gasteiger partial charge on any atom is 0.263 e. The van der Waals surface area contributed by atoms with Gasteiger partial charge in [-0.3, -0.25) is 14.8 Å². The molecule has 2 aliphatic heterocycles. The van der Waals surface area contributed by atoms with Gasteiger partial charge in [-0.05, 0) is 60.2 Å². The standard InChI is InChI=1S/C27H24ClN3O2/c28-20-14-19-15-25(27(32)31-12-7-18(8-13-31)17-4-9-29-10-5-17)33-26(19)23(16-20)21-6-11-30-24-3-1-2-22(21)24/h1-2,4-6,9-11,14,16,18,25H,3,7-8,12-13,15H2. The number of hydrogen-bond acceptors (Lipinski definition) is 4. The van der Waals surface area contributed by atoms with Gasteiger partial charge < -0.3 is 9.64 Å². The molecule has 3 aliphatic rings. The molecular formula is C27H24ClN3O2. The lowest BCUT2D eigenvalue weighted by molar-refractivity contribution is -0.139. The average molecular weight is 458 g/mol. The Bertz CT molecular complexity index is 1250. The maximum atomic E-state index is 13.4.